The summed E-state index contributed by atoms with van der Waals surface area (Å²) in [5, 5.41) is 2.58. The molecule has 2 fully saturated rings. The number of hydrogen-bond donors (Lipinski definition) is 1. The summed E-state index contributed by atoms with van der Waals surface area (Å²) in [7, 11) is 0. The second kappa shape index (κ2) is 5.00. The Balaban J connectivity index is 1.54. The summed E-state index contributed by atoms with van der Waals surface area (Å²) >= 11 is 0. The Morgan fingerprint density at radius 1 is 1.09 bits per heavy atom. The molecule has 1 N–H and O–H groups in total. The molecule has 0 radical (unpaired) electrons. The SMILES string of the molecule is O=C1CNC(=O)N1CCN1CC2(CCCC2)c2ccccc21. The molecule has 3 aliphatic rings. The van der Waals surface area contributed by atoms with Gasteiger partial charge in [-0.25, -0.2) is 4.79 Å². The maximum absolute atomic E-state index is 11.7. The molecule has 1 aliphatic carbocycles. The molecule has 0 unspecified atom stereocenters. The van der Waals surface area contributed by atoms with Crippen molar-refractivity contribution in [1.29, 1.82) is 0 Å². The van der Waals surface area contributed by atoms with Crippen molar-refractivity contribution in [3.05, 3.63) is 29.8 Å². The maximum Gasteiger partial charge on any atom is 0.324 e. The predicted octanol–water partition coefficient (Wildman–Crippen LogP) is 1.87. The number of nitrogens with zero attached hydrogens (tertiary/aromatic N) is 2. The van der Waals surface area contributed by atoms with Crippen molar-refractivity contribution in [2.24, 2.45) is 0 Å². The van der Waals surface area contributed by atoms with Crippen LogP contribution >= 0.6 is 0 Å². The first-order valence-electron chi connectivity index (χ1n) is 8.12. The lowest BCUT2D eigenvalue weighted by molar-refractivity contribution is -0.124. The number of para-hydroxylation sites is 1. The highest BCUT2D eigenvalue weighted by atomic mass is 16.2. The molecule has 0 bridgehead atoms. The summed E-state index contributed by atoms with van der Waals surface area (Å²) in [6.45, 7) is 2.35. The van der Waals surface area contributed by atoms with E-state index in [0.29, 0.717) is 12.0 Å². The zero-order chi connectivity index (χ0) is 15.2. The minimum absolute atomic E-state index is 0.118. The number of fused-ring (bicyclic) bond motifs is 2. The molecule has 1 saturated heterocycles. The van der Waals surface area contributed by atoms with Crippen LogP contribution in [0.15, 0.2) is 24.3 Å². The molecule has 5 nitrogen and oxygen atoms in total. The highest BCUT2D eigenvalue weighted by Gasteiger charge is 2.44. The molecule has 116 valence electrons. The van der Waals surface area contributed by atoms with Gasteiger partial charge in [0.15, 0.2) is 0 Å². The van der Waals surface area contributed by atoms with E-state index >= 15 is 0 Å². The van der Waals surface area contributed by atoms with E-state index in [-0.39, 0.29) is 18.5 Å². The Hall–Kier alpha value is -2.04. The number of hydrogen-bond acceptors (Lipinski definition) is 3. The normalized spacial score (nSPS) is 22.5. The number of anilines is 1. The van der Waals surface area contributed by atoms with Crippen LogP contribution < -0.4 is 10.2 Å². The summed E-state index contributed by atoms with van der Waals surface area (Å²) in [6.07, 6.45) is 5.11. The minimum Gasteiger partial charge on any atom is -0.369 e. The molecule has 1 spiro atoms. The van der Waals surface area contributed by atoms with Crippen molar-refractivity contribution in [3.8, 4) is 0 Å². The van der Waals surface area contributed by atoms with Crippen LogP contribution in [0.4, 0.5) is 10.5 Å². The highest BCUT2D eigenvalue weighted by molar-refractivity contribution is 6.01. The van der Waals surface area contributed by atoms with Crippen LogP contribution in [0, 0.1) is 0 Å². The van der Waals surface area contributed by atoms with Crippen LogP contribution in [0.3, 0.4) is 0 Å². The third-order valence-corrected chi connectivity index (χ3v) is 5.40. The molecule has 3 amide bonds. The first-order valence-corrected chi connectivity index (χ1v) is 8.12. The van der Waals surface area contributed by atoms with Crippen molar-refractivity contribution >= 4 is 17.6 Å². The number of imide groups is 1. The van der Waals surface area contributed by atoms with Gasteiger partial charge in [-0.05, 0) is 24.5 Å². The second-order valence-corrected chi connectivity index (χ2v) is 6.63. The fourth-order valence-electron chi connectivity index (χ4n) is 4.31. The number of carbonyl (C=O) groups is 2. The number of rotatable bonds is 3. The molecule has 4 rings (SSSR count). The number of nitrogens with one attached hydrogen (secondary N) is 1. The Morgan fingerprint density at radius 3 is 2.59 bits per heavy atom. The van der Waals surface area contributed by atoms with Gasteiger partial charge in [0.1, 0.15) is 0 Å². The Morgan fingerprint density at radius 2 is 1.86 bits per heavy atom. The largest absolute Gasteiger partial charge is 0.369 e. The molecule has 0 aromatic heterocycles. The van der Waals surface area contributed by atoms with Gasteiger partial charge in [0.05, 0.1) is 6.54 Å². The van der Waals surface area contributed by atoms with E-state index in [1.165, 1.54) is 41.8 Å². The predicted molar refractivity (Wildman–Crippen MR) is 83.9 cm³/mol. The molecule has 22 heavy (non-hydrogen) atoms. The maximum atomic E-state index is 11.7. The lowest BCUT2D eigenvalue weighted by Crippen LogP contribution is -2.40. The number of benzene rings is 1. The Bertz CT molecular complexity index is 606. The van der Waals surface area contributed by atoms with Gasteiger partial charge in [0.2, 0.25) is 5.91 Å². The fourth-order valence-corrected chi connectivity index (χ4v) is 4.31. The molecule has 1 saturated carbocycles. The van der Waals surface area contributed by atoms with Crippen LogP contribution in [0.5, 0.6) is 0 Å². The van der Waals surface area contributed by atoms with Gasteiger partial charge in [0, 0.05) is 30.7 Å². The van der Waals surface area contributed by atoms with E-state index in [1.54, 1.807) is 0 Å². The summed E-state index contributed by atoms with van der Waals surface area (Å²) in [4.78, 5) is 27.1. The summed E-state index contributed by atoms with van der Waals surface area (Å²) in [5.74, 6) is -0.118. The van der Waals surface area contributed by atoms with E-state index < -0.39 is 0 Å². The van der Waals surface area contributed by atoms with Gasteiger partial charge < -0.3 is 10.2 Å². The second-order valence-electron chi connectivity index (χ2n) is 6.63. The van der Waals surface area contributed by atoms with E-state index in [0.717, 1.165) is 13.1 Å². The van der Waals surface area contributed by atoms with Gasteiger partial charge in [-0.1, -0.05) is 31.0 Å². The van der Waals surface area contributed by atoms with Crippen LogP contribution in [0.25, 0.3) is 0 Å². The van der Waals surface area contributed by atoms with Gasteiger partial charge in [-0.3, -0.25) is 9.69 Å². The quantitative estimate of drug-likeness (QED) is 0.867. The molecular weight excluding hydrogens is 278 g/mol. The zero-order valence-corrected chi connectivity index (χ0v) is 12.7. The number of urea groups is 1. The van der Waals surface area contributed by atoms with Crippen molar-refractivity contribution in [1.82, 2.24) is 10.2 Å². The van der Waals surface area contributed by atoms with Gasteiger partial charge >= 0.3 is 6.03 Å². The summed E-state index contributed by atoms with van der Waals surface area (Å²) in [5.41, 5.74) is 3.05. The average Bonchev–Trinajstić information content (AvgIpc) is 3.20. The van der Waals surface area contributed by atoms with Gasteiger partial charge in [0.25, 0.3) is 0 Å². The Labute approximate surface area is 130 Å². The van der Waals surface area contributed by atoms with Crippen LogP contribution in [0.1, 0.15) is 31.2 Å². The molecule has 2 aliphatic heterocycles. The number of amides is 3. The highest BCUT2D eigenvalue weighted by Crippen LogP contribution is 2.50. The summed E-state index contributed by atoms with van der Waals surface area (Å²) in [6, 6.07) is 8.38. The third-order valence-electron chi connectivity index (χ3n) is 5.40. The van der Waals surface area contributed by atoms with Crippen molar-refractivity contribution in [2.45, 2.75) is 31.1 Å². The molecule has 5 heteroatoms. The zero-order valence-electron chi connectivity index (χ0n) is 12.7. The topological polar surface area (TPSA) is 52.7 Å². The van der Waals surface area contributed by atoms with Crippen LogP contribution in [-0.2, 0) is 10.2 Å². The molecule has 1 aromatic carbocycles. The fraction of sp³-hybridized carbons (Fsp3) is 0.529. The lowest BCUT2D eigenvalue weighted by Gasteiger charge is -2.26. The van der Waals surface area contributed by atoms with Crippen LogP contribution in [-0.4, -0.2) is 43.0 Å². The number of carbonyl (C=O) groups excluding carboxylic acids is 2. The first-order chi connectivity index (χ1) is 10.7. The van der Waals surface area contributed by atoms with E-state index in [9.17, 15) is 9.59 Å². The molecule has 2 heterocycles. The van der Waals surface area contributed by atoms with E-state index in [1.807, 2.05) is 0 Å². The third kappa shape index (κ3) is 1.99. The average molecular weight is 299 g/mol. The first kappa shape index (κ1) is 13.6. The summed E-state index contributed by atoms with van der Waals surface area (Å²) < 4.78 is 0. The lowest BCUT2D eigenvalue weighted by atomic mass is 9.81. The molecular formula is C17H21N3O2. The Kier molecular flexibility index (Phi) is 3.10. The van der Waals surface area contributed by atoms with Crippen LogP contribution in [0.2, 0.25) is 0 Å². The minimum atomic E-state index is -0.256. The van der Waals surface area contributed by atoms with Crippen molar-refractivity contribution in [2.75, 3.05) is 31.1 Å². The monoisotopic (exact) mass is 299 g/mol. The van der Waals surface area contributed by atoms with E-state index in [2.05, 4.69) is 34.5 Å². The molecule has 1 aromatic rings. The van der Waals surface area contributed by atoms with Gasteiger partial charge in [-0.15, -0.1) is 0 Å². The van der Waals surface area contributed by atoms with Crippen molar-refractivity contribution in [3.63, 3.8) is 0 Å². The van der Waals surface area contributed by atoms with E-state index in [4.69, 9.17) is 0 Å². The van der Waals surface area contributed by atoms with Gasteiger partial charge in [-0.2, -0.15) is 0 Å². The molecule has 0 atom stereocenters. The van der Waals surface area contributed by atoms with Crippen molar-refractivity contribution < 1.29 is 9.59 Å². The standard InChI is InChI=1S/C17H21N3O2/c21-15-11-18-16(22)20(15)10-9-19-12-17(7-3-4-8-17)13-5-1-2-6-14(13)19/h1-2,5-6H,3-4,7-12H2,(H,18,22). The smallest absolute Gasteiger partial charge is 0.324 e.